The Hall–Kier alpha value is -1.91. The molecule has 2 rings (SSSR count). The van der Waals surface area contributed by atoms with Gasteiger partial charge in [0.25, 0.3) is 0 Å². The number of nitrogens with one attached hydrogen (secondary N) is 1. The summed E-state index contributed by atoms with van der Waals surface area (Å²) in [5.41, 5.74) is 0.809. The summed E-state index contributed by atoms with van der Waals surface area (Å²) in [5.74, 6) is -0.204. The van der Waals surface area contributed by atoms with Crippen LogP contribution < -0.4 is 5.32 Å². The van der Waals surface area contributed by atoms with E-state index in [1.807, 2.05) is 0 Å². The van der Waals surface area contributed by atoms with Crippen LogP contribution in [0.4, 0.5) is 4.39 Å². The molecule has 4 nitrogen and oxygen atoms in total. The van der Waals surface area contributed by atoms with Crippen molar-refractivity contribution >= 4 is 11.8 Å². The number of rotatable bonds is 4. The summed E-state index contributed by atoms with van der Waals surface area (Å²) in [6.45, 7) is 3.91. The predicted octanol–water partition coefficient (Wildman–Crippen LogP) is 2.09. The number of nitrogens with zero attached hydrogens (tertiary/aromatic N) is 1. The Kier molecular flexibility index (Phi) is 5.31. The van der Waals surface area contributed by atoms with Gasteiger partial charge in [0.1, 0.15) is 12.2 Å². The fourth-order valence-electron chi connectivity index (χ4n) is 2.53. The first-order valence-electron chi connectivity index (χ1n) is 7.33. The van der Waals surface area contributed by atoms with Gasteiger partial charge in [0.2, 0.25) is 11.8 Å². The van der Waals surface area contributed by atoms with Gasteiger partial charge in [-0.25, -0.2) is 4.39 Å². The lowest BCUT2D eigenvalue weighted by Gasteiger charge is -2.30. The van der Waals surface area contributed by atoms with Crippen molar-refractivity contribution in [3.63, 3.8) is 0 Å². The number of benzene rings is 1. The Morgan fingerprint density at radius 2 is 2.05 bits per heavy atom. The molecule has 1 saturated heterocycles. The van der Waals surface area contributed by atoms with Gasteiger partial charge < -0.3 is 10.2 Å². The summed E-state index contributed by atoms with van der Waals surface area (Å²) in [6, 6.07) is 5.93. The maximum atomic E-state index is 12.8. The van der Waals surface area contributed by atoms with Gasteiger partial charge in [-0.15, -0.1) is 0 Å². The standard InChI is InChI=1S/C16H21FN2O2/c1-12-3-2-8-19(11-12)16(21)9-15(20)18-10-13-4-6-14(17)7-5-13/h4-7,12H,2-3,8-11H2,1H3,(H,18,20). The number of carbonyl (C=O) groups is 2. The highest BCUT2D eigenvalue weighted by atomic mass is 19.1. The molecule has 1 aliphatic heterocycles. The van der Waals surface area contributed by atoms with Crippen LogP contribution in [-0.2, 0) is 16.1 Å². The van der Waals surface area contributed by atoms with Gasteiger partial charge in [0.05, 0.1) is 0 Å². The van der Waals surface area contributed by atoms with Crippen LogP contribution in [0.2, 0.25) is 0 Å². The Morgan fingerprint density at radius 1 is 1.33 bits per heavy atom. The van der Waals surface area contributed by atoms with Crippen LogP contribution in [0.1, 0.15) is 31.7 Å². The van der Waals surface area contributed by atoms with Crippen LogP contribution in [0.15, 0.2) is 24.3 Å². The molecule has 2 amide bonds. The van der Waals surface area contributed by atoms with Crippen molar-refractivity contribution < 1.29 is 14.0 Å². The van der Waals surface area contributed by atoms with Crippen LogP contribution >= 0.6 is 0 Å². The van der Waals surface area contributed by atoms with Crippen molar-refractivity contribution in [3.05, 3.63) is 35.6 Å². The first-order chi connectivity index (χ1) is 10.0. The molecule has 0 bridgehead atoms. The second kappa shape index (κ2) is 7.20. The molecule has 0 spiro atoms. The average Bonchev–Trinajstić information content (AvgIpc) is 2.46. The molecule has 0 aromatic heterocycles. The highest BCUT2D eigenvalue weighted by Gasteiger charge is 2.22. The summed E-state index contributed by atoms with van der Waals surface area (Å²) in [5, 5.41) is 2.69. The van der Waals surface area contributed by atoms with Crippen LogP contribution in [0.3, 0.4) is 0 Å². The molecule has 21 heavy (non-hydrogen) atoms. The van der Waals surface area contributed by atoms with Crippen molar-refractivity contribution in [2.45, 2.75) is 32.7 Å². The van der Waals surface area contributed by atoms with E-state index in [2.05, 4.69) is 12.2 Å². The molecule has 5 heteroatoms. The molecular weight excluding hydrogens is 271 g/mol. The molecule has 0 saturated carbocycles. The molecule has 0 radical (unpaired) electrons. The average molecular weight is 292 g/mol. The van der Waals surface area contributed by atoms with Crippen LogP contribution in [0.5, 0.6) is 0 Å². The fraction of sp³-hybridized carbons (Fsp3) is 0.500. The largest absolute Gasteiger partial charge is 0.352 e. The summed E-state index contributed by atoms with van der Waals surface area (Å²) in [6.07, 6.45) is 2.03. The van der Waals surface area contributed by atoms with E-state index in [0.717, 1.165) is 31.5 Å². The minimum Gasteiger partial charge on any atom is -0.352 e. The van der Waals surface area contributed by atoms with E-state index < -0.39 is 0 Å². The van der Waals surface area contributed by atoms with E-state index in [1.54, 1.807) is 17.0 Å². The number of amides is 2. The van der Waals surface area contributed by atoms with Gasteiger partial charge in [-0.1, -0.05) is 19.1 Å². The third-order valence-electron chi connectivity index (χ3n) is 3.72. The molecule has 1 aromatic rings. The summed E-state index contributed by atoms with van der Waals surface area (Å²) in [4.78, 5) is 25.6. The van der Waals surface area contributed by atoms with Gasteiger partial charge in [-0.2, -0.15) is 0 Å². The summed E-state index contributed by atoms with van der Waals surface area (Å²) >= 11 is 0. The lowest BCUT2D eigenvalue weighted by atomic mass is 10.00. The maximum Gasteiger partial charge on any atom is 0.232 e. The zero-order valence-electron chi connectivity index (χ0n) is 12.3. The predicted molar refractivity (Wildman–Crippen MR) is 77.8 cm³/mol. The molecule has 0 aliphatic carbocycles. The van der Waals surface area contributed by atoms with Gasteiger partial charge in [0, 0.05) is 19.6 Å². The lowest BCUT2D eigenvalue weighted by molar-refractivity contribution is -0.137. The second-order valence-electron chi connectivity index (χ2n) is 5.67. The van der Waals surface area contributed by atoms with Gasteiger partial charge >= 0.3 is 0 Å². The number of carbonyl (C=O) groups excluding carboxylic acids is 2. The Balaban J connectivity index is 1.76. The van der Waals surface area contributed by atoms with E-state index >= 15 is 0 Å². The number of likely N-dealkylation sites (tertiary alicyclic amines) is 1. The van der Waals surface area contributed by atoms with Crippen molar-refractivity contribution in [1.82, 2.24) is 10.2 Å². The zero-order chi connectivity index (χ0) is 15.2. The maximum absolute atomic E-state index is 12.8. The topological polar surface area (TPSA) is 49.4 Å². The number of hydrogen-bond donors (Lipinski definition) is 1. The first-order valence-corrected chi connectivity index (χ1v) is 7.33. The van der Waals surface area contributed by atoms with Gasteiger partial charge in [-0.3, -0.25) is 9.59 Å². The smallest absolute Gasteiger partial charge is 0.232 e. The van der Waals surface area contributed by atoms with Crippen molar-refractivity contribution in [1.29, 1.82) is 0 Å². The van der Waals surface area contributed by atoms with Crippen LogP contribution in [0.25, 0.3) is 0 Å². The van der Waals surface area contributed by atoms with Crippen molar-refractivity contribution in [2.75, 3.05) is 13.1 Å². The molecule has 1 unspecified atom stereocenters. The Morgan fingerprint density at radius 3 is 2.71 bits per heavy atom. The summed E-state index contributed by atoms with van der Waals surface area (Å²) in [7, 11) is 0. The molecule has 1 atom stereocenters. The van der Waals surface area contributed by atoms with Crippen LogP contribution in [-0.4, -0.2) is 29.8 Å². The SMILES string of the molecule is CC1CCCN(C(=O)CC(=O)NCc2ccc(F)cc2)C1. The third-order valence-corrected chi connectivity index (χ3v) is 3.72. The third kappa shape index (κ3) is 4.85. The number of hydrogen-bond acceptors (Lipinski definition) is 2. The van der Waals surface area contributed by atoms with Crippen LogP contribution in [0, 0.1) is 11.7 Å². The molecule has 1 heterocycles. The van der Waals surface area contributed by atoms with E-state index in [0.29, 0.717) is 12.5 Å². The Bertz CT molecular complexity index is 502. The van der Waals surface area contributed by atoms with Gasteiger partial charge in [-0.05, 0) is 36.5 Å². The van der Waals surface area contributed by atoms with Crippen molar-refractivity contribution in [2.24, 2.45) is 5.92 Å². The summed E-state index contributed by atoms with van der Waals surface area (Å²) < 4.78 is 12.8. The van der Waals surface area contributed by atoms with Gasteiger partial charge in [0.15, 0.2) is 0 Å². The Labute approximate surface area is 124 Å². The monoisotopic (exact) mass is 292 g/mol. The minimum absolute atomic E-state index is 0.113. The highest BCUT2D eigenvalue weighted by molar-refractivity contribution is 5.96. The zero-order valence-corrected chi connectivity index (χ0v) is 12.3. The van der Waals surface area contributed by atoms with E-state index in [4.69, 9.17) is 0 Å². The minimum atomic E-state index is -0.306. The van der Waals surface area contributed by atoms with E-state index in [1.165, 1.54) is 12.1 Å². The molecule has 1 fully saturated rings. The molecule has 1 N–H and O–H groups in total. The first kappa shape index (κ1) is 15.5. The highest BCUT2D eigenvalue weighted by Crippen LogP contribution is 2.16. The fourth-order valence-corrected chi connectivity index (χ4v) is 2.53. The molecule has 114 valence electrons. The van der Waals surface area contributed by atoms with E-state index in [-0.39, 0.29) is 24.1 Å². The molecule has 1 aromatic carbocycles. The quantitative estimate of drug-likeness (QED) is 0.864. The normalized spacial score (nSPS) is 18.4. The lowest BCUT2D eigenvalue weighted by Crippen LogP contribution is -2.41. The molecular formula is C16H21FN2O2. The molecule has 1 aliphatic rings. The number of piperidine rings is 1. The second-order valence-corrected chi connectivity index (χ2v) is 5.67. The van der Waals surface area contributed by atoms with E-state index in [9.17, 15) is 14.0 Å². The number of halogens is 1. The van der Waals surface area contributed by atoms with Crippen molar-refractivity contribution in [3.8, 4) is 0 Å².